The summed E-state index contributed by atoms with van der Waals surface area (Å²) in [4.78, 5) is 26.9. The summed E-state index contributed by atoms with van der Waals surface area (Å²) < 4.78 is 0. The molecule has 4 rings (SSSR count). The number of rotatable bonds is 2. The molecule has 1 heterocycles. The summed E-state index contributed by atoms with van der Waals surface area (Å²) in [6.45, 7) is 0. The molecule has 2 aliphatic carbocycles. The molecule has 0 aliphatic heterocycles. The van der Waals surface area contributed by atoms with Gasteiger partial charge in [-0.2, -0.15) is 0 Å². The van der Waals surface area contributed by atoms with E-state index in [0.717, 1.165) is 23.0 Å². The molecular formula is C15H14N2O2. The van der Waals surface area contributed by atoms with Crippen LogP contribution in [0.3, 0.4) is 0 Å². The lowest BCUT2D eigenvalue weighted by Gasteiger charge is -2.05. The van der Waals surface area contributed by atoms with Crippen LogP contribution in [0.5, 0.6) is 0 Å². The van der Waals surface area contributed by atoms with E-state index in [2.05, 4.69) is 10.3 Å². The second-order valence-electron chi connectivity index (χ2n) is 5.46. The molecule has 3 atom stereocenters. The standard InChI is InChI=1S/C15H14N2O2/c18-12-6-5-9-13(12)14(9)15(19)17-11-7-16-10-4-2-1-3-8(10)11/h1-4,7,9,13-14,16H,5-6H2,(H,17,19). The molecule has 0 saturated heterocycles. The van der Waals surface area contributed by atoms with E-state index in [1.54, 1.807) is 0 Å². The van der Waals surface area contributed by atoms with Gasteiger partial charge in [0.05, 0.1) is 11.6 Å². The van der Waals surface area contributed by atoms with Crippen LogP contribution in [0.4, 0.5) is 5.69 Å². The van der Waals surface area contributed by atoms with Gasteiger partial charge in [0.2, 0.25) is 5.91 Å². The fraction of sp³-hybridized carbons (Fsp3) is 0.333. The molecule has 1 aromatic carbocycles. The summed E-state index contributed by atoms with van der Waals surface area (Å²) in [6.07, 6.45) is 3.35. The minimum absolute atomic E-state index is 0.00482. The molecule has 2 N–H and O–H groups in total. The normalized spacial score (nSPS) is 28.4. The van der Waals surface area contributed by atoms with Crippen LogP contribution >= 0.6 is 0 Å². The molecule has 4 nitrogen and oxygen atoms in total. The van der Waals surface area contributed by atoms with Gasteiger partial charge in [0.15, 0.2) is 0 Å². The van der Waals surface area contributed by atoms with E-state index in [9.17, 15) is 9.59 Å². The zero-order valence-corrected chi connectivity index (χ0v) is 10.3. The van der Waals surface area contributed by atoms with Crippen LogP contribution in [0.1, 0.15) is 12.8 Å². The molecular weight excluding hydrogens is 240 g/mol. The van der Waals surface area contributed by atoms with Crippen molar-refractivity contribution in [2.45, 2.75) is 12.8 Å². The summed E-state index contributed by atoms with van der Waals surface area (Å²) >= 11 is 0. The summed E-state index contributed by atoms with van der Waals surface area (Å²) in [5.74, 6) is 0.481. The van der Waals surface area contributed by atoms with Gasteiger partial charge in [-0.1, -0.05) is 18.2 Å². The highest BCUT2D eigenvalue weighted by molar-refractivity contribution is 6.06. The Morgan fingerprint density at radius 1 is 1.32 bits per heavy atom. The Kier molecular flexibility index (Phi) is 2.10. The van der Waals surface area contributed by atoms with Gasteiger partial charge in [-0.05, 0) is 18.4 Å². The molecule has 96 valence electrons. The molecule has 2 aliphatic rings. The molecule has 0 spiro atoms. The highest BCUT2D eigenvalue weighted by Crippen LogP contribution is 2.55. The minimum atomic E-state index is -0.0880. The van der Waals surface area contributed by atoms with E-state index in [-0.39, 0.29) is 23.5 Å². The van der Waals surface area contributed by atoms with Crippen LogP contribution in [0.25, 0.3) is 10.9 Å². The van der Waals surface area contributed by atoms with E-state index in [1.165, 1.54) is 0 Å². The number of aromatic amines is 1. The monoisotopic (exact) mass is 254 g/mol. The maximum Gasteiger partial charge on any atom is 0.228 e. The fourth-order valence-corrected chi connectivity index (χ4v) is 3.40. The average Bonchev–Trinajstić information content (AvgIpc) is 2.84. The highest BCUT2D eigenvalue weighted by Gasteiger charge is 2.61. The van der Waals surface area contributed by atoms with Gasteiger partial charge < -0.3 is 10.3 Å². The summed E-state index contributed by atoms with van der Waals surface area (Å²) in [5, 5.41) is 3.96. The first kappa shape index (κ1) is 10.8. The zero-order valence-electron chi connectivity index (χ0n) is 10.3. The Hall–Kier alpha value is -2.10. The Morgan fingerprint density at radius 3 is 2.95 bits per heavy atom. The number of fused-ring (bicyclic) bond motifs is 2. The van der Waals surface area contributed by atoms with Crippen molar-refractivity contribution in [1.82, 2.24) is 4.98 Å². The maximum atomic E-state index is 12.2. The van der Waals surface area contributed by atoms with E-state index in [0.29, 0.717) is 12.3 Å². The van der Waals surface area contributed by atoms with Crippen molar-refractivity contribution in [3.63, 3.8) is 0 Å². The van der Waals surface area contributed by atoms with Gasteiger partial charge in [-0.3, -0.25) is 9.59 Å². The molecule has 4 heteroatoms. The number of carbonyl (C=O) groups excluding carboxylic acids is 2. The largest absolute Gasteiger partial charge is 0.359 e. The average molecular weight is 254 g/mol. The van der Waals surface area contributed by atoms with Crippen LogP contribution in [0.15, 0.2) is 30.5 Å². The number of Topliss-reactive ketones (excluding diaryl/α,β-unsaturated/α-hetero) is 1. The van der Waals surface area contributed by atoms with Crippen LogP contribution in [-0.2, 0) is 9.59 Å². The van der Waals surface area contributed by atoms with Crippen molar-refractivity contribution < 1.29 is 9.59 Å². The summed E-state index contributed by atoms with van der Waals surface area (Å²) in [6, 6.07) is 7.84. The van der Waals surface area contributed by atoms with Crippen molar-refractivity contribution >= 4 is 28.3 Å². The maximum absolute atomic E-state index is 12.2. The van der Waals surface area contributed by atoms with Crippen molar-refractivity contribution in [1.29, 1.82) is 0 Å². The number of ketones is 1. The number of anilines is 1. The third kappa shape index (κ3) is 1.52. The van der Waals surface area contributed by atoms with Gasteiger partial charge >= 0.3 is 0 Å². The second kappa shape index (κ2) is 3.70. The molecule has 1 amide bonds. The highest BCUT2D eigenvalue weighted by atomic mass is 16.2. The molecule has 2 saturated carbocycles. The van der Waals surface area contributed by atoms with E-state index in [4.69, 9.17) is 0 Å². The quantitative estimate of drug-likeness (QED) is 0.864. The third-order valence-electron chi connectivity index (χ3n) is 4.41. The van der Waals surface area contributed by atoms with Gasteiger partial charge in [0, 0.05) is 29.4 Å². The number of benzene rings is 1. The zero-order chi connectivity index (χ0) is 13.0. The first-order valence-electron chi connectivity index (χ1n) is 6.65. The lowest BCUT2D eigenvalue weighted by molar-refractivity contribution is -0.123. The van der Waals surface area contributed by atoms with Crippen LogP contribution in [0, 0.1) is 17.8 Å². The van der Waals surface area contributed by atoms with Gasteiger partial charge in [0.25, 0.3) is 0 Å². The topological polar surface area (TPSA) is 62.0 Å². The fourth-order valence-electron chi connectivity index (χ4n) is 3.40. The number of para-hydroxylation sites is 1. The van der Waals surface area contributed by atoms with Gasteiger partial charge in [-0.25, -0.2) is 0 Å². The van der Waals surface area contributed by atoms with E-state index >= 15 is 0 Å². The van der Waals surface area contributed by atoms with Crippen LogP contribution in [0.2, 0.25) is 0 Å². The Morgan fingerprint density at radius 2 is 2.16 bits per heavy atom. The van der Waals surface area contributed by atoms with Crippen molar-refractivity contribution in [2.24, 2.45) is 17.8 Å². The summed E-state index contributed by atoms with van der Waals surface area (Å²) in [5.41, 5.74) is 1.81. The molecule has 0 radical (unpaired) electrons. The van der Waals surface area contributed by atoms with Crippen LogP contribution in [-0.4, -0.2) is 16.7 Å². The van der Waals surface area contributed by atoms with Crippen LogP contribution < -0.4 is 5.32 Å². The molecule has 2 fully saturated rings. The smallest absolute Gasteiger partial charge is 0.228 e. The molecule has 19 heavy (non-hydrogen) atoms. The minimum Gasteiger partial charge on any atom is -0.359 e. The molecule has 3 unspecified atom stereocenters. The molecule has 0 bridgehead atoms. The molecule has 2 aromatic rings. The summed E-state index contributed by atoms with van der Waals surface area (Å²) in [7, 11) is 0. The number of aromatic nitrogens is 1. The number of amides is 1. The lowest BCUT2D eigenvalue weighted by atomic mass is 10.1. The van der Waals surface area contributed by atoms with Gasteiger partial charge in [-0.15, -0.1) is 0 Å². The predicted octanol–water partition coefficient (Wildman–Crippen LogP) is 2.33. The number of hydrogen-bond donors (Lipinski definition) is 2. The molecule has 1 aromatic heterocycles. The van der Waals surface area contributed by atoms with E-state index in [1.807, 2.05) is 30.5 Å². The van der Waals surface area contributed by atoms with Crippen molar-refractivity contribution in [3.8, 4) is 0 Å². The van der Waals surface area contributed by atoms with E-state index < -0.39 is 0 Å². The number of carbonyl (C=O) groups is 2. The van der Waals surface area contributed by atoms with Crippen molar-refractivity contribution in [2.75, 3.05) is 5.32 Å². The Balaban J connectivity index is 1.56. The van der Waals surface area contributed by atoms with Gasteiger partial charge in [0.1, 0.15) is 5.78 Å². The predicted molar refractivity (Wildman–Crippen MR) is 71.6 cm³/mol. The second-order valence-corrected chi connectivity index (χ2v) is 5.46. The lowest BCUT2D eigenvalue weighted by Crippen LogP contribution is -2.18. The number of H-pyrrole nitrogens is 1. The number of nitrogens with one attached hydrogen (secondary N) is 2. The van der Waals surface area contributed by atoms with Crippen molar-refractivity contribution in [3.05, 3.63) is 30.5 Å². The number of hydrogen-bond acceptors (Lipinski definition) is 2. The Bertz CT molecular complexity index is 688. The first-order chi connectivity index (χ1) is 9.25. The Labute approximate surface area is 110 Å². The third-order valence-corrected chi connectivity index (χ3v) is 4.41. The first-order valence-corrected chi connectivity index (χ1v) is 6.65. The SMILES string of the molecule is O=C1CCC2C1C2C(=O)Nc1c[nH]c2ccccc12.